The van der Waals surface area contributed by atoms with Crippen LogP contribution in [0.15, 0.2) is 24.3 Å². The number of carbonyl (C=O) groups is 1. The van der Waals surface area contributed by atoms with Crippen molar-refractivity contribution in [3.8, 4) is 5.75 Å². The summed E-state index contributed by atoms with van der Waals surface area (Å²) < 4.78 is 11.6. The third kappa shape index (κ3) is 1.74. The third-order valence-electron chi connectivity index (χ3n) is 6.59. The summed E-state index contributed by atoms with van der Waals surface area (Å²) in [6.07, 6.45) is 4.47. The highest BCUT2D eigenvalue weighted by Gasteiger charge is 2.64. The summed E-state index contributed by atoms with van der Waals surface area (Å²) in [5.74, 6) is 1.12. The van der Waals surface area contributed by atoms with Gasteiger partial charge in [0.1, 0.15) is 18.0 Å². The number of hydrogen-bond donors (Lipinski definition) is 1. The van der Waals surface area contributed by atoms with Crippen LogP contribution >= 0.6 is 0 Å². The number of benzene rings is 1. The molecule has 0 unspecified atom stereocenters. The number of aliphatic hydroxyl groups excluding tert-OH is 1. The summed E-state index contributed by atoms with van der Waals surface area (Å²) in [5, 5.41) is 10.6. The number of rotatable bonds is 1. The molecule has 1 saturated heterocycles. The van der Waals surface area contributed by atoms with Gasteiger partial charge in [0.2, 0.25) is 0 Å². The molecular weight excluding hydrogens is 318 g/mol. The number of aliphatic hydroxyl groups is 1. The van der Waals surface area contributed by atoms with E-state index in [1.807, 2.05) is 17.9 Å². The number of likely N-dealkylation sites (tertiary alicyclic amines) is 1. The van der Waals surface area contributed by atoms with Gasteiger partial charge in [0.05, 0.1) is 6.61 Å². The summed E-state index contributed by atoms with van der Waals surface area (Å²) in [6.45, 7) is 4.94. The molecule has 0 saturated carbocycles. The quantitative estimate of drug-likeness (QED) is 0.797. The molecule has 5 nitrogen and oxygen atoms in total. The maximum absolute atomic E-state index is 12.5. The van der Waals surface area contributed by atoms with Crippen LogP contribution in [0.5, 0.6) is 5.75 Å². The predicted molar refractivity (Wildman–Crippen MR) is 91.7 cm³/mol. The van der Waals surface area contributed by atoms with Crippen LogP contribution in [-0.4, -0.2) is 47.5 Å². The first kappa shape index (κ1) is 15.3. The Kier molecular flexibility index (Phi) is 3.06. The summed E-state index contributed by atoms with van der Waals surface area (Å²) >= 11 is 0. The van der Waals surface area contributed by atoms with Crippen LogP contribution in [0.4, 0.5) is 4.79 Å². The number of piperidine rings is 1. The zero-order valence-electron chi connectivity index (χ0n) is 14.6. The minimum atomic E-state index is -0.608. The summed E-state index contributed by atoms with van der Waals surface area (Å²) in [5.41, 5.74) is 3.43. The zero-order valence-corrected chi connectivity index (χ0v) is 14.6. The van der Waals surface area contributed by atoms with Crippen molar-refractivity contribution >= 4 is 6.09 Å². The molecule has 5 heteroatoms. The molecule has 2 heterocycles. The van der Waals surface area contributed by atoms with Crippen molar-refractivity contribution in [1.82, 2.24) is 4.90 Å². The van der Waals surface area contributed by atoms with Gasteiger partial charge in [0.25, 0.3) is 0 Å². The lowest BCUT2D eigenvalue weighted by Gasteiger charge is -2.56. The molecule has 4 aliphatic rings. The van der Waals surface area contributed by atoms with Gasteiger partial charge in [-0.15, -0.1) is 0 Å². The Morgan fingerprint density at radius 3 is 3.08 bits per heavy atom. The topological polar surface area (TPSA) is 59.0 Å². The zero-order chi connectivity index (χ0) is 17.3. The first-order valence-corrected chi connectivity index (χ1v) is 9.17. The second-order valence-electron chi connectivity index (χ2n) is 7.64. The molecular formula is C20H23NO4. The highest BCUT2D eigenvalue weighted by molar-refractivity contribution is 5.70. The molecule has 2 aliphatic carbocycles. The van der Waals surface area contributed by atoms with Gasteiger partial charge in [-0.25, -0.2) is 4.79 Å². The smallest absolute Gasteiger partial charge is 0.410 e. The SMILES string of the molecule is CCOC(=O)N1CC[C@]23c4c5ccc(C)c4O[C@H]2[C@@H](O)C=C[C@H]3[C@H]1C5. The number of amides is 1. The number of aryl methyl sites for hydroxylation is 1. The van der Waals surface area contributed by atoms with Crippen LogP contribution in [0.1, 0.15) is 30.0 Å². The Bertz CT molecular complexity index is 788. The van der Waals surface area contributed by atoms with Gasteiger partial charge in [-0.1, -0.05) is 24.3 Å². The van der Waals surface area contributed by atoms with E-state index < -0.39 is 6.10 Å². The fourth-order valence-electron chi connectivity index (χ4n) is 5.64. The Hall–Kier alpha value is -2.01. The van der Waals surface area contributed by atoms with Crippen molar-refractivity contribution in [3.63, 3.8) is 0 Å². The van der Waals surface area contributed by atoms with Gasteiger partial charge in [0, 0.05) is 29.5 Å². The monoisotopic (exact) mass is 341 g/mol. The average Bonchev–Trinajstić information content (AvgIpc) is 2.94. The molecule has 1 N–H and O–H groups in total. The molecule has 2 bridgehead atoms. The van der Waals surface area contributed by atoms with E-state index in [4.69, 9.17) is 9.47 Å². The molecule has 2 aliphatic heterocycles. The van der Waals surface area contributed by atoms with Crippen LogP contribution in [0.25, 0.3) is 0 Å². The van der Waals surface area contributed by atoms with Crippen LogP contribution in [0.3, 0.4) is 0 Å². The average molecular weight is 341 g/mol. The molecule has 0 aromatic heterocycles. The predicted octanol–water partition coefficient (Wildman–Crippen LogP) is 2.33. The van der Waals surface area contributed by atoms with Crippen molar-refractivity contribution in [2.45, 2.75) is 50.4 Å². The molecule has 1 fully saturated rings. The van der Waals surface area contributed by atoms with E-state index >= 15 is 0 Å². The van der Waals surface area contributed by atoms with Crippen LogP contribution < -0.4 is 4.74 Å². The van der Waals surface area contributed by atoms with E-state index in [0.717, 1.165) is 24.2 Å². The van der Waals surface area contributed by atoms with Crippen molar-refractivity contribution < 1.29 is 19.4 Å². The minimum absolute atomic E-state index is 0.0591. The van der Waals surface area contributed by atoms with E-state index in [1.165, 1.54) is 11.1 Å². The molecule has 1 spiro atoms. The molecule has 1 aromatic rings. The molecule has 0 radical (unpaired) electrons. The van der Waals surface area contributed by atoms with Crippen LogP contribution in [0, 0.1) is 12.8 Å². The lowest BCUT2D eigenvalue weighted by molar-refractivity contribution is -0.0483. The third-order valence-corrected chi connectivity index (χ3v) is 6.59. The Labute approximate surface area is 147 Å². The highest BCUT2D eigenvalue weighted by Crippen LogP contribution is 2.61. The van der Waals surface area contributed by atoms with Gasteiger partial charge in [-0.2, -0.15) is 0 Å². The standard InChI is InChI=1S/C20H23NO4/c1-3-24-19(23)21-9-8-20-13-6-7-15(22)18(20)25-17-11(2)4-5-12(16(17)20)10-14(13)21/h4-7,13-15,18,22H,3,8-10H2,1-2H3/t13-,14+,15-,18-,20-/m0/s1. The summed E-state index contributed by atoms with van der Waals surface area (Å²) in [7, 11) is 0. The van der Waals surface area contributed by atoms with Gasteiger partial charge in [0.15, 0.2) is 0 Å². The van der Waals surface area contributed by atoms with E-state index in [-0.39, 0.29) is 29.6 Å². The fourth-order valence-corrected chi connectivity index (χ4v) is 5.64. The number of nitrogens with zero attached hydrogens (tertiary/aromatic N) is 1. The lowest BCUT2D eigenvalue weighted by Crippen LogP contribution is -2.66. The van der Waals surface area contributed by atoms with Crippen molar-refractivity contribution in [1.29, 1.82) is 0 Å². The largest absolute Gasteiger partial charge is 0.486 e. The fraction of sp³-hybridized carbons (Fsp3) is 0.550. The van der Waals surface area contributed by atoms with E-state index in [1.54, 1.807) is 0 Å². The lowest BCUT2D eigenvalue weighted by atomic mass is 9.53. The van der Waals surface area contributed by atoms with Crippen molar-refractivity contribution in [2.75, 3.05) is 13.2 Å². The molecule has 1 amide bonds. The summed E-state index contributed by atoms with van der Waals surface area (Å²) in [6, 6.07) is 4.32. The van der Waals surface area contributed by atoms with Crippen LogP contribution in [-0.2, 0) is 16.6 Å². The van der Waals surface area contributed by atoms with E-state index in [0.29, 0.717) is 13.2 Å². The minimum Gasteiger partial charge on any atom is -0.486 e. The maximum atomic E-state index is 12.5. The molecule has 25 heavy (non-hydrogen) atoms. The number of carbonyl (C=O) groups excluding carboxylic acids is 1. The van der Waals surface area contributed by atoms with Gasteiger partial charge in [-0.05, 0) is 37.8 Å². The van der Waals surface area contributed by atoms with Crippen LogP contribution in [0.2, 0.25) is 0 Å². The molecule has 5 rings (SSSR count). The molecule has 1 aromatic carbocycles. The van der Waals surface area contributed by atoms with E-state index in [9.17, 15) is 9.90 Å². The molecule has 132 valence electrons. The van der Waals surface area contributed by atoms with Gasteiger partial charge < -0.3 is 19.5 Å². The normalized spacial score (nSPS) is 36.7. The highest BCUT2D eigenvalue weighted by atomic mass is 16.6. The maximum Gasteiger partial charge on any atom is 0.410 e. The van der Waals surface area contributed by atoms with Crippen molar-refractivity contribution in [3.05, 3.63) is 41.0 Å². The number of hydrogen-bond acceptors (Lipinski definition) is 4. The number of ether oxygens (including phenoxy) is 2. The molecule has 5 atom stereocenters. The first-order valence-electron chi connectivity index (χ1n) is 9.17. The second kappa shape index (κ2) is 5.01. The summed E-state index contributed by atoms with van der Waals surface area (Å²) in [4.78, 5) is 14.4. The van der Waals surface area contributed by atoms with Crippen molar-refractivity contribution in [2.24, 2.45) is 5.92 Å². The Balaban J connectivity index is 1.69. The second-order valence-corrected chi connectivity index (χ2v) is 7.64. The Morgan fingerprint density at radius 1 is 1.44 bits per heavy atom. The Morgan fingerprint density at radius 2 is 2.28 bits per heavy atom. The van der Waals surface area contributed by atoms with Gasteiger partial charge >= 0.3 is 6.09 Å². The van der Waals surface area contributed by atoms with Gasteiger partial charge in [-0.3, -0.25) is 0 Å². The first-order chi connectivity index (χ1) is 12.1. The van der Waals surface area contributed by atoms with E-state index in [2.05, 4.69) is 25.1 Å².